The first-order valence-electron chi connectivity index (χ1n) is 8.74. The van der Waals surface area contributed by atoms with Crippen molar-refractivity contribution in [1.82, 2.24) is 14.9 Å². The second kappa shape index (κ2) is 7.98. The van der Waals surface area contributed by atoms with E-state index in [1.165, 1.54) is 0 Å². The number of ether oxygens (including phenoxy) is 1. The average Bonchev–Trinajstić information content (AvgIpc) is 2.75. The van der Waals surface area contributed by atoms with Crippen LogP contribution in [-0.4, -0.2) is 40.5 Å². The highest BCUT2D eigenvalue weighted by Gasteiger charge is 2.26. The zero-order valence-electron chi connectivity index (χ0n) is 14.6. The van der Waals surface area contributed by atoms with Crippen molar-refractivity contribution in [3.63, 3.8) is 0 Å². The molecule has 6 heteroatoms. The normalized spacial score (nSPS) is 16.9. The molecule has 1 aromatic heterocycles. The summed E-state index contributed by atoms with van der Waals surface area (Å²) in [5, 5.41) is 0. The van der Waals surface area contributed by atoms with Gasteiger partial charge in [0.15, 0.2) is 5.82 Å². The summed E-state index contributed by atoms with van der Waals surface area (Å²) in [6, 6.07) is 17.7. The summed E-state index contributed by atoms with van der Waals surface area (Å²) < 4.78 is 6.88. The Hall–Kier alpha value is -2.57. The molecule has 136 valence electrons. The fraction of sp³-hybridized carbons (Fsp3) is 0.190. The van der Waals surface area contributed by atoms with Crippen molar-refractivity contribution in [2.45, 2.75) is 6.10 Å². The van der Waals surface area contributed by atoms with Crippen LogP contribution in [0.5, 0.6) is 0 Å². The van der Waals surface area contributed by atoms with Gasteiger partial charge in [-0.1, -0.05) is 58.4 Å². The van der Waals surface area contributed by atoms with Crippen LogP contribution in [0.2, 0.25) is 0 Å². The number of hydrogen-bond acceptors (Lipinski definition) is 4. The van der Waals surface area contributed by atoms with E-state index in [9.17, 15) is 4.79 Å². The van der Waals surface area contributed by atoms with Crippen molar-refractivity contribution >= 4 is 21.8 Å². The van der Waals surface area contributed by atoms with Gasteiger partial charge in [-0.3, -0.25) is 4.79 Å². The molecule has 0 aliphatic carbocycles. The number of hydrogen-bond donors (Lipinski definition) is 0. The van der Waals surface area contributed by atoms with E-state index in [-0.39, 0.29) is 12.0 Å². The summed E-state index contributed by atoms with van der Waals surface area (Å²) in [4.78, 5) is 23.4. The third kappa shape index (κ3) is 4.07. The number of benzene rings is 2. The standard InChI is InChI=1S/C21H18BrN3O2/c22-18-8-6-15(7-9-18)19-14-25(10-11-27-19)21(26)17-12-23-20(24-13-17)16-4-2-1-3-5-16/h1-9,12-13,19H,10-11,14H2. The largest absolute Gasteiger partial charge is 0.370 e. The second-order valence-electron chi connectivity index (χ2n) is 6.32. The molecule has 0 saturated carbocycles. The van der Waals surface area contributed by atoms with Crippen LogP contribution < -0.4 is 0 Å². The Morgan fingerprint density at radius 1 is 1.04 bits per heavy atom. The summed E-state index contributed by atoms with van der Waals surface area (Å²) in [6.07, 6.45) is 3.07. The van der Waals surface area contributed by atoms with Gasteiger partial charge in [0.25, 0.3) is 5.91 Å². The van der Waals surface area contributed by atoms with Crippen LogP contribution in [0.3, 0.4) is 0 Å². The van der Waals surface area contributed by atoms with Crippen molar-refractivity contribution in [2.24, 2.45) is 0 Å². The van der Waals surface area contributed by atoms with Gasteiger partial charge >= 0.3 is 0 Å². The quantitative estimate of drug-likeness (QED) is 0.635. The smallest absolute Gasteiger partial charge is 0.257 e. The number of carbonyl (C=O) groups is 1. The zero-order valence-corrected chi connectivity index (χ0v) is 16.2. The Kier molecular flexibility index (Phi) is 5.27. The van der Waals surface area contributed by atoms with E-state index in [4.69, 9.17) is 4.74 Å². The SMILES string of the molecule is O=C(c1cnc(-c2ccccc2)nc1)N1CCOC(c2ccc(Br)cc2)C1. The zero-order chi connectivity index (χ0) is 18.6. The molecule has 2 aromatic carbocycles. The lowest BCUT2D eigenvalue weighted by Gasteiger charge is -2.33. The van der Waals surface area contributed by atoms with Crippen molar-refractivity contribution in [1.29, 1.82) is 0 Å². The molecule has 1 aliphatic rings. The predicted molar refractivity (Wildman–Crippen MR) is 106 cm³/mol. The lowest BCUT2D eigenvalue weighted by atomic mass is 10.1. The van der Waals surface area contributed by atoms with Crippen LogP contribution in [0.15, 0.2) is 71.5 Å². The molecular weight excluding hydrogens is 406 g/mol. The first-order valence-corrected chi connectivity index (χ1v) is 9.54. The van der Waals surface area contributed by atoms with Crippen molar-refractivity contribution in [3.8, 4) is 11.4 Å². The third-order valence-corrected chi connectivity index (χ3v) is 5.05. The van der Waals surface area contributed by atoms with Crippen LogP contribution in [0.1, 0.15) is 22.0 Å². The van der Waals surface area contributed by atoms with Gasteiger partial charge in [0.05, 0.1) is 18.7 Å². The average molecular weight is 424 g/mol. The lowest BCUT2D eigenvalue weighted by Crippen LogP contribution is -2.42. The van der Waals surface area contributed by atoms with E-state index in [0.29, 0.717) is 31.1 Å². The molecule has 1 atom stereocenters. The van der Waals surface area contributed by atoms with E-state index in [1.807, 2.05) is 54.6 Å². The van der Waals surface area contributed by atoms with Gasteiger partial charge in [-0.25, -0.2) is 9.97 Å². The molecule has 3 aromatic rings. The maximum absolute atomic E-state index is 12.9. The molecule has 1 fully saturated rings. The van der Waals surface area contributed by atoms with Crippen LogP contribution >= 0.6 is 15.9 Å². The molecule has 1 saturated heterocycles. The van der Waals surface area contributed by atoms with Crippen molar-refractivity contribution in [3.05, 3.63) is 82.6 Å². The third-order valence-electron chi connectivity index (χ3n) is 4.53. The van der Waals surface area contributed by atoms with Crippen LogP contribution in [0.25, 0.3) is 11.4 Å². The van der Waals surface area contributed by atoms with Gasteiger partial charge in [0.2, 0.25) is 0 Å². The van der Waals surface area contributed by atoms with E-state index in [1.54, 1.807) is 17.3 Å². The molecule has 4 rings (SSSR count). The van der Waals surface area contributed by atoms with Crippen molar-refractivity contribution < 1.29 is 9.53 Å². The fourth-order valence-corrected chi connectivity index (χ4v) is 3.33. The minimum Gasteiger partial charge on any atom is -0.370 e. The van der Waals surface area contributed by atoms with Gasteiger partial charge in [0.1, 0.15) is 6.10 Å². The highest BCUT2D eigenvalue weighted by molar-refractivity contribution is 9.10. The van der Waals surface area contributed by atoms with Crippen LogP contribution in [0.4, 0.5) is 0 Å². The first kappa shape index (κ1) is 17.8. The number of rotatable bonds is 3. The maximum atomic E-state index is 12.9. The minimum absolute atomic E-state index is 0.0694. The molecule has 0 spiro atoms. The van der Waals surface area contributed by atoms with Gasteiger partial charge in [-0.05, 0) is 17.7 Å². The molecule has 0 radical (unpaired) electrons. The first-order chi connectivity index (χ1) is 13.2. The summed E-state index contributed by atoms with van der Waals surface area (Å²) in [5.74, 6) is 0.543. The van der Waals surface area contributed by atoms with Gasteiger partial charge in [-0.2, -0.15) is 0 Å². The number of halogens is 1. The molecule has 5 nitrogen and oxygen atoms in total. The summed E-state index contributed by atoms with van der Waals surface area (Å²) in [7, 11) is 0. The number of amides is 1. The van der Waals surface area contributed by atoms with Crippen molar-refractivity contribution in [2.75, 3.05) is 19.7 Å². The van der Waals surface area contributed by atoms with Gasteiger partial charge < -0.3 is 9.64 Å². The predicted octanol–water partition coefficient (Wildman–Crippen LogP) is 4.12. The molecular formula is C21H18BrN3O2. The lowest BCUT2D eigenvalue weighted by molar-refractivity contribution is -0.0228. The van der Waals surface area contributed by atoms with Crippen LogP contribution in [0, 0.1) is 0 Å². The van der Waals surface area contributed by atoms with E-state index < -0.39 is 0 Å². The Morgan fingerprint density at radius 2 is 1.74 bits per heavy atom. The van der Waals surface area contributed by atoms with E-state index in [0.717, 1.165) is 15.6 Å². The Balaban J connectivity index is 1.48. The summed E-state index contributed by atoms with van der Waals surface area (Å²) in [5.41, 5.74) is 2.48. The molecule has 0 N–H and O–H groups in total. The molecule has 2 heterocycles. The molecule has 1 amide bonds. The highest BCUT2D eigenvalue weighted by Crippen LogP contribution is 2.25. The Bertz CT molecular complexity index is 914. The van der Waals surface area contributed by atoms with Gasteiger partial charge in [-0.15, -0.1) is 0 Å². The molecule has 0 bridgehead atoms. The van der Waals surface area contributed by atoms with E-state index >= 15 is 0 Å². The number of nitrogens with zero attached hydrogens (tertiary/aromatic N) is 3. The summed E-state index contributed by atoms with van der Waals surface area (Å²) in [6.45, 7) is 1.59. The second-order valence-corrected chi connectivity index (χ2v) is 7.24. The maximum Gasteiger partial charge on any atom is 0.257 e. The number of morpholine rings is 1. The minimum atomic E-state index is -0.125. The topological polar surface area (TPSA) is 55.3 Å². The van der Waals surface area contributed by atoms with E-state index in [2.05, 4.69) is 25.9 Å². The number of aromatic nitrogens is 2. The molecule has 1 aliphatic heterocycles. The number of carbonyl (C=O) groups excluding carboxylic acids is 1. The van der Waals surface area contributed by atoms with Crippen LogP contribution in [-0.2, 0) is 4.74 Å². The Morgan fingerprint density at radius 3 is 2.44 bits per heavy atom. The van der Waals surface area contributed by atoms with Gasteiger partial charge in [0, 0.05) is 29.0 Å². The monoisotopic (exact) mass is 423 g/mol. The fourth-order valence-electron chi connectivity index (χ4n) is 3.07. The highest BCUT2D eigenvalue weighted by atomic mass is 79.9. The molecule has 1 unspecified atom stereocenters. The Labute approximate surface area is 166 Å². The summed E-state index contributed by atoms with van der Waals surface area (Å²) >= 11 is 3.44. The molecule has 27 heavy (non-hydrogen) atoms.